The standard InChI is InChI=1S/C27H37BrN2O3/c1-21(2)27(26(31)33-4,23-7-5-8-24(28)19-23)13-6-14-29-15-17-30(18-16-29)20-22-9-11-25(32-3)12-10-22/h5,7-12,19,21H,6,13-18,20H2,1-4H3. The van der Waals surface area contributed by atoms with Gasteiger partial charge in [-0.05, 0) is 60.7 Å². The van der Waals surface area contributed by atoms with Crippen LogP contribution in [-0.4, -0.2) is 62.7 Å². The number of piperazine rings is 1. The molecule has 0 N–H and O–H groups in total. The van der Waals surface area contributed by atoms with Gasteiger partial charge in [0.2, 0.25) is 0 Å². The van der Waals surface area contributed by atoms with Crippen molar-refractivity contribution in [2.45, 2.75) is 38.6 Å². The Morgan fingerprint density at radius 2 is 1.70 bits per heavy atom. The summed E-state index contributed by atoms with van der Waals surface area (Å²) in [7, 11) is 3.20. The summed E-state index contributed by atoms with van der Waals surface area (Å²) in [5.41, 5.74) is 1.72. The molecule has 1 unspecified atom stereocenters. The molecule has 0 aliphatic carbocycles. The summed E-state index contributed by atoms with van der Waals surface area (Å²) in [6.45, 7) is 10.4. The van der Waals surface area contributed by atoms with Crippen LogP contribution < -0.4 is 4.74 Å². The fourth-order valence-corrected chi connectivity index (χ4v) is 5.31. The lowest BCUT2D eigenvalue weighted by Crippen LogP contribution is -2.47. The SMILES string of the molecule is COC(=O)C(CCCN1CCN(Cc2ccc(OC)cc2)CC1)(c1cccc(Br)c1)C(C)C. The highest BCUT2D eigenvalue weighted by atomic mass is 79.9. The molecule has 1 atom stereocenters. The number of nitrogens with zero attached hydrogens (tertiary/aromatic N) is 2. The van der Waals surface area contributed by atoms with Gasteiger partial charge in [0.15, 0.2) is 0 Å². The fraction of sp³-hybridized carbons (Fsp3) is 0.519. The van der Waals surface area contributed by atoms with Crippen LogP contribution in [0.2, 0.25) is 0 Å². The van der Waals surface area contributed by atoms with Crippen molar-refractivity contribution in [1.29, 1.82) is 0 Å². The van der Waals surface area contributed by atoms with Gasteiger partial charge >= 0.3 is 5.97 Å². The molecule has 0 bridgehead atoms. The summed E-state index contributed by atoms with van der Waals surface area (Å²) in [4.78, 5) is 18.1. The first-order chi connectivity index (χ1) is 15.9. The third kappa shape index (κ3) is 6.37. The quantitative estimate of drug-likeness (QED) is 0.409. The van der Waals surface area contributed by atoms with Gasteiger partial charge in [0.1, 0.15) is 5.75 Å². The van der Waals surface area contributed by atoms with Gasteiger partial charge in [-0.1, -0.05) is 54.0 Å². The van der Waals surface area contributed by atoms with E-state index in [0.717, 1.165) is 67.9 Å². The van der Waals surface area contributed by atoms with Crippen LogP contribution in [0.3, 0.4) is 0 Å². The largest absolute Gasteiger partial charge is 0.497 e. The summed E-state index contributed by atoms with van der Waals surface area (Å²) in [6.07, 6.45) is 1.73. The third-order valence-corrected chi connectivity index (χ3v) is 7.44. The summed E-state index contributed by atoms with van der Waals surface area (Å²) in [5.74, 6) is 0.899. The minimum absolute atomic E-state index is 0.139. The van der Waals surface area contributed by atoms with Crippen LogP contribution in [0.5, 0.6) is 5.75 Å². The zero-order valence-corrected chi connectivity index (χ0v) is 21.9. The maximum absolute atomic E-state index is 13.1. The normalized spacial score (nSPS) is 17.0. The number of carbonyl (C=O) groups is 1. The van der Waals surface area contributed by atoms with Gasteiger partial charge in [0.05, 0.1) is 19.6 Å². The molecule has 1 aliphatic heterocycles. The van der Waals surface area contributed by atoms with E-state index < -0.39 is 5.41 Å². The van der Waals surface area contributed by atoms with Crippen LogP contribution in [0.1, 0.15) is 37.8 Å². The van der Waals surface area contributed by atoms with Crippen molar-refractivity contribution in [2.24, 2.45) is 5.92 Å². The Morgan fingerprint density at radius 1 is 1.03 bits per heavy atom. The van der Waals surface area contributed by atoms with E-state index in [1.165, 1.54) is 12.7 Å². The average molecular weight is 518 g/mol. The van der Waals surface area contributed by atoms with Crippen molar-refractivity contribution in [3.63, 3.8) is 0 Å². The van der Waals surface area contributed by atoms with Gasteiger partial charge in [0, 0.05) is 37.2 Å². The van der Waals surface area contributed by atoms with Crippen molar-refractivity contribution >= 4 is 21.9 Å². The van der Waals surface area contributed by atoms with E-state index in [1.54, 1.807) is 7.11 Å². The molecule has 180 valence electrons. The molecule has 0 amide bonds. The minimum Gasteiger partial charge on any atom is -0.497 e. The number of esters is 1. The Kier molecular flexibility index (Phi) is 9.36. The molecule has 6 heteroatoms. The molecule has 1 fully saturated rings. The Morgan fingerprint density at radius 3 is 2.27 bits per heavy atom. The van der Waals surface area contributed by atoms with Crippen LogP contribution in [0, 0.1) is 5.92 Å². The van der Waals surface area contributed by atoms with Gasteiger partial charge in [0.25, 0.3) is 0 Å². The molecule has 1 aliphatic rings. The van der Waals surface area contributed by atoms with Crippen LogP contribution in [-0.2, 0) is 21.5 Å². The maximum Gasteiger partial charge on any atom is 0.316 e. The average Bonchev–Trinajstić information content (AvgIpc) is 2.82. The molecule has 2 aromatic carbocycles. The van der Waals surface area contributed by atoms with Crippen LogP contribution in [0.15, 0.2) is 53.0 Å². The number of halogens is 1. The Hall–Kier alpha value is -1.89. The van der Waals surface area contributed by atoms with Crippen LogP contribution in [0.25, 0.3) is 0 Å². The monoisotopic (exact) mass is 516 g/mol. The van der Waals surface area contributed by atoms with Crippen LogP contribution in [0.4, 0.5) is 0 Å². The number of rotatable bonds is 10. The summed E-state index contributed by atoms with van der Waals surface area (Å²) in [6, 6.07) is 16.5. The first-order valence-electron chi connectivity index (χ1n) is 11.8. The van der Waals surface area contributed by atoms with Gasteiger partial charge in [-0.2, -0.15) is 0 Å². The molecular weight excluding hydrogens is 480 g/mol. The number of ether oxygens (including phenoxy) is 2. The first kappa shape index (κ1) is 25.7. The van der Waals surface area contributed by atoms with E-state index >= 15 is 0 Å². The predicted octanol–water partition coefficient (Wildman–Crippen LogP) is 5.12. The van der Waals surface area contributed by atoms with E-state index in [0.29, 0.717) is 0 Å². The number of benzene rings is 2. The van der Waals surface area contributed by atoms with Crippen molar-refractivity contribution in [2.75, 3.05) is 46.9 Å². The molecule has 33 heavy (non-hydrogen) atoms. The van der Waals surface area contributed by atoms with Crippen molar-refractivity contribution in [1.82, 2.24) is 9.80 Å². The number of carbonyl (C=O) groups excluding carboxylic acids is 1. The molecule has 1 saturated heterocycles. The van der Waals surface area contributed by atoms with E-state index in [4.69, 9.17) is 9.47 Å². The summed E-state index contributed by atoms with van der Waals surface area (Å²) < 4.78 is 11.6. The van der Waals surface area contributed by atoms with Crippen molar-refractivity contribution < 1.29 is 14.3 Å². The predicted molar refractivity (Wildman–Crippen MR) is 137 cm³/mol. The molecule has 0 aromatic heterocycles. The smallest absolute Gasteiger partial charge is 0.316 e. The lowest BCUT2D eigenvalue weighted by atomic mass is 9.68. The molecule has 2 aromatic rings. The second-order valence-corrected chi connectivity index (χ2v) is 10.1. The Labute approximate surface area is 207 Å². The first-order valence-corrected chi connectivity index (χ1v) is 12.6. The second kappa shape index (κ2) is 12.0. The van der Waals surface area contributed by atoms with Crippen LogP contribution >= 0.6 is 15.9 Å². The molecule has 0 spiro atoms. The Balaban J connectivity index is 1.55. The second-order valence-electron chi connectivity index (χ2n) is 9.20. The lowest BCUT2D eigenvalue weighted by molar-refractivity contribution is -0.150. The minimum atomic E-state index is -0.630. The zero-order valence-electron chi connectivity index (χ0n) is 20.4. The highest BCUT2D eigenvalue weighted by Crippen LogP contribution is 2.39. The van der Waals surface area contributed by atoms with Gasteiger partial charge in [-0.3, -0.25) is 9.69 Å². The van der Waals surface area contributed by atoms with Crippen molar-refractivity contribution in [3.8, 4) is 5.75 Å². The number of hydrogen-bond acceptors (Lipinski definition) is 5. The van der Waals surface area contributed by atoms with E-state index in [2.05, 4.69) is 63.8 Å². The Bertz CT molecular complexity index is 894. The molecule has 5 nitrogen and oxygen atoms in total. The topological polar surface area (TPSA) is 42.0 Å². The molecular formula is C27H37BrN2O3. The molecule has 1 heterocycles. The van der Waals surface area contributed by atoms with Gasteiger partial charge in [-0.25, -0.2) is 0 Å². The van der Waals surface area contributed by atoms with E-state index in [9.17, 15) is 4.79 Å². The lowest BCUT2D eigenvalue weighted by Gasteiger charge is -2.38. The fourth-order valence-electron chi connectivity index (χ4n) is 4.91. The highest BCUT2D eigenvalue weighted by molar-refractivity contribution is 9.10. The number of hydrogen-bond donors (Lipinski definition) is 0. The molecule has 0 saturated carbocycles. The summed E-state index contributed by atoms with van der Waals surface area (Å²) in [5, 5.41) is 0. The van der Waals surface area contributed by atoms with E-state index in [1.807, 2.05) is 24.3 Å². The summed E-state index contributed by atoms with van der Waals surface area (Å²) >= 11 is 3.57. The van der Waals surface area contributed by atoms with Gasteiger partial charge < -0.3 is 14.4 Å². The van der Waals surface area contributed by atoms with E-state index in [-0.39, 0.29) is 11.9 Å². The molecule has 3 rings (SSSR count). The highest BCUT2D eigenvalue weighted by Gasteiger charge is 2.44. The van der Waals surface area contributed by atoms with Gasteiger partial charge in [-0.15, -0.1) is 0 Å². The zero-order chi connectivity index (χ0) is 23.8. The third-order valence-electron chi connectivity index (χ3n) is 6.95. The van der Waals surface area contributed by atoms with Crippen molar-refractivity contribution in [3.05, 3.63) is 64.1 Å². The maximum atomic E-state index is 13.1. The molecule has 0 radical (unpaired) electrons. The number of methoxy groups -OCH3 is 2.